The van der Waals surface area contributed by atoms with Crippen molar-refractivity contribution >= 4 is 16.9 Å². The molecule has 3 unspecified atom stereocenters. The fraction of sp³-hybridized carbons (Fsp3) is 0.471. The third-order valence-electron chi connectivity index (χ3n) is 4.65. The van der Waals surface area contributed by atoms with Gasteiger partial charge in [-0.2, -0.15) is 0 Å². The Balaban J connectivity index is 1.38. The standard InChI is InChI=1S/C17H20N2O2/c20-15(19-17-13-6-3-4-8-18-16(13)17)10-12-9-11-5-1-2-7-14(11)21-12/h1-2,5,7,9,13,16-18H,3-4,6,8,10H2,(H,19,20). The number of fused-ring (bicyclic) bond motifs is 2. The molecule has 2 aliphatic rings. The Morgan fingerprint density at radius 2 is 2.24 bits per heavy atom. The maximum absolute atomic E-state index is 12.2. The van der Waals surface area contributed by atoms with Crippen LogP contribution in [0.3, 0.4) is 0 Å². The van der Waals surface area contributed by atoms with Crippen molar-refractivity contribution in [1.29, 1.82) is 0 Å². The van der Waals surface area contributed by atoms with Crippen LogP contribution in [-0.4, -0.2) is 24.5 Å². The third-order valence-corrected chi connectivity index (χ3v) is 4.65. The van der Waals surface area contributed by atoms with Gasteiger partial charge in [-0.15, -0.1) is 0 Å². The summed E-state index contributed by atoms with van der Waals surface area (Å²) in [5.74, 6) is 1.43. The Bertz CT molecular complexity index is 619. The van der Waals surface area contributed by atoms with Crippen LogP contribution in [0.15, 0.2) is 34.7 Å². The maximum Gasteiger partial charge on any atom is 0.227 e. The lowest BCUT2D eigenvalue weighted by Gasteiger charge is -2.06. The van der Waals surface area contributed by atoms with E-state index in [1.54, 1.807) is 0 Å². The van der Waals surface area contributed by atoms with Crippen LogP contribution in [0, 0.1) is 5.92 Å². The molecule has 110 valence electrons. The average Bonchev–Trinajstić information content (AvgIpc) is 3.03. The molecule has 4 rings (SSSR count). The van der Waals surface area contributed by atoms with Crippen molar-refractivity contribution in [3.63, 3.8) is 0 Å². The first-order chi connectivity index (χ1) is 10.3. The number of hydrogen-bond acceptors (Lipinski definition) is 3. The first-order valence-corrected chi connectivity index (χ1v) is 7.81. The molecule has 2 fully saturated rings. The van der Waals surface area contributed by atoms with Crippen molar-refractivity contribution in [2.45, 2.75) is 37.8 Å². The number of carbonyl (C=O) groups is 1. The molecule has 1 aliphatic heterocycles. The van der Waals surface area contributed by atoms with Gasteiger partial charge in [0.15, 0.2) is 0 Å². The zero-order chi connectivity index (χ0) is 14.2. The van der Waals surface area contributed by atoms with Gasteiger partial charge in [0.25, 0.3) is 0 Å². The summed E-state index contributed by atoms with van der Waals surface area (Å²) in [6.45, 7) is 1.08. The molecule has 1 aromatic heterocycles. The van der Waals surface area contributed by atoms with E-state index >= 15 is 0 Å². The number of amides is 1. The molecular weight excluding hydrogens is 264 g/mol. The highest BCUT2D eigenvalue weighted by Gasteiger charge is 2.50. The van der Waals surface area contributed by atoms with Gasteiger partial charge < -0.3 is 15.1 Å². The lowest BCUT2D eigenvalue weighted by atomic mass is 10.2. The van der Waals surface area contributed by atoms with E-state index in [-0.39, 0.29) is 5.91 Å². The molecule has 0 bridgehead atoms. The Hall–Kier alpha value is -1.81. The van der Waals surface area contributed by atoms with Crippen LogP contribution in [0.2, 0.25) is 0 Å². The van der Waals surface area contributed by atoms with Crippen molar-refractivity contribution in [1.82, 2.24) is 10.6 Å². The zero-order valence-electron chi connectivity index (χ0n) is 12.0. The van der Waals surface area contributed by atoms with Crippen molar-refractivity contribution in [3.8, 4) is 0 Å². The molecule has 2 heterocycles. The normalized spacial score (nSPS) is 27.9. The highest BCUT2D eigenvalue weighted by atomic mass is 16.3. The summed E-state index contributed by atoms with van der Waals surface area (Å²) >= 11 is 0. The van der Waals surface area contributed by atoms with Crippen molar-refractivity contribution in [3.05, 3.63) is 36.1 Å². The minimum absolute atomic E-state index is 0.0638. The summed E-state index contributed by atoms with van der Waals surface area (Å²) < 4.78 is 5.70. The van der Waals surface area contributed by atoms with Crippen LogP contribution >= 0.6 is 0 Å². The molecule has 1 aromatic carbocycles. The Labute approximate surface area is 123 Å². The summed E-state index contributed by atoms with van der Waals surface area (Å²) in [4.78, 5) is 12.2. The summed E-state index contributed by atoms with van der Waals surface area (Å²) in [7, 11) is 0. The van der Waals surface area contributed by atoms with Gasteiger partial charge in [-0.3, -0.25) is 4.79 Å². The van der Waals surface area contributed by atoms with Gasteiger partial charge in [-0.25, -0.2) is 0 Å². The molecule has 3 atom stereocenters. The summed E-state index contributed by atoms with van der Waals surface area (Å²) in [5.41, 5.74) is 0.846. The van der Waals surface area contributed by atoms with Crippen LogP contribution in [0.25, 0.3) is 11.0 Å². The molecule has 2 N–H and O–H groups in total. The summed E-state index contributed by atoms with van der Waals surface area (Å²) in [5, 5.41) is 7.73. The highest BCUT2D eigenvalue weighted by molar-refractivity contribution is 5.82. The molecule has 21 heavy (non-hydrogen) atoms. The van der Waals surface area contributed by atoms with Crippen LogP contribution in [0.1, 0.15) is 25.0 Å². The van der Waals surface area contributed by atoms with Gasteiger partial charge in [0.2, 0.25) is 5.91 Å². The van der Waals surface area contributed by atoms with Gasteiger partial charge in [0, 0.05) is 17.5 Å². The van der Waals surface area contributed by atoms with Crippen molar-refractivity contribution in [2.75, 3.05) is 6.54 Å². The predicted molar refractivity (Wildman–Crippen MR) is 81.0 cm³/mol. The minimum atomic E-state index is 0.0638. The molecule has 1 saturated heterocycles. The second-order valence-electron chi connectivity index (χ2n) is 6.16. The van der Waals surface area contributed by atoms with E-state index < -0.39 is 0 Å². The highest BCUT2D eigenvalue weighted by Crippen LogP contribution is 2.37. The van der Waals surface area contributed by atoms with Gasteiger partial charge >= 0.3 is 0 Å². The largest absolute Gasteiger partial charge is 0.461 e. The van der Waals surface area contributed by atoms with Gasteiger partial charge in [0.05, 0.1) is 6.42 Å². The van der Waals surface area contributed by atoms with E-state index in [2.05, 4.69) is 10.6 Å². The molecule has 1 amide bonds. The molecule has 1 saturated carbocycles. The second-order valence-corrected chi connectivity index (χ2v) is 6.16. The second kappa shape index (κ2) is 5.19. The SMILES string of the molecule is O=C(Cc1cc2ccccc2o1)NC1C2CCCCNC21. The first-order valence-electron chi connectivity index (χ1n) is 7.81. The molecule has 0 spiro atoms. The molecule has 0 radical (unpaired) electrons. The summed E-state index contributed by atoms with van der Waals surface area (Å²) in [6, 6.07) is 10.6. The predicted octanol–water partition coefficient (Wildman–Crippen LogP) is 2.23. The number of hydrogen-bond donors (Lipinski definition) is 2. The number of carbonyl (C=O) groups excluding carboxylic acids is 1. The minimum Gasteiger partial charge on any atom is -0.461 e. The quantitative estimate of drug-likeness (QED) is 0.909. The van der Waals surface area contributed by atoms with E-state index in [0.717, 1.165) is 23.3 Å². The molecular formula is C17H20N2O2. The van der Waals surface area contributed by atoms with Gasteiger partial charge in [-0.05, 0) is 37.4 Å². The zero-order valence-corrected chi connectivity index (χ0v) is 12.0. The fourth-order valence-corrected chi connectivity index (χ4v) is 3.50. The van der Waals surface area contributed by atoms with Crippen LogP contribution in [0.4, 0.5) is 0 Å². The van der Waals surface area contributed by atoms with Crippen LogP contribution < -0.4 is 10.6 Å². The van der Waals surface area contributed by atoms with Gasteiger partial charge in [-0.1, -0.05) is 24.6 Å². The van der Waals surface area contributed by atoms with E-state index in [1.807, 2.05) is 30.3 Å². The lowest BCUT2D eigenvalue weighted by Crippen LogP contribution is -2.33. The van der Waals surface area contributed by atoms with E-state index in [1.165, 1.54) is 19.3 Å². The smallest absolute Gasteiger partial charge is 0.227 e. The Morgan fingerprint density at radius 3 is 3.14 bits per heavy atom. The number of rotatable bonds is 3. The third kappa shape index (κ3) is 2.56. The first kappa shape index (κ1) is 12.9. The molecule has 2 aromatic rings. The van der Waals surface area contributed by atoms with E-state index in [4.69, 9.17) is 4.42 Å². The van der Waals surface area contributed by atoms with Crippen molar-refractivity contribution in [2.24, 2.45) is 5.92 Å². The fourth-order valence-electron chi connectivity index (χ4n) is 3.50. The number of benzene rings is 1. The van der Waals surface area contributed by atoms with Crippen LogP contribution in [-0.2, 0) is 11.2 Å². The van der Waals surface area contributed by atoms with Crippen molar-refractivity contribution < 1.29 is 9.21 Å². The molecule has 4 heteroatoms. The van der Waals surface area contributed by atoms with E-state index in [0.29, 0.717) is 24.4 Å². The lowest BCUT2D eigenvalue weighted by molar-refractivity contribution is -0.120. The average molecular weight is 284 g/mol. The van der Waals surface area contributed by atoms with Gasteiger partial charge in [0.1, 0.15) is 11.3 Å². The number of nitrogens with one attached hydrogen (secondary N) is 2. The summed E-state index contributed by atoms with van der Waals surface area (Å²) in [6.07, 6.45) is 4.08. The van der Waals surface area contributed by atoms with E-state index in [9.17, 15) is 4.79 Å². The Morgan fingerprint density at radius 1 is 1.33 bits per heavy atom. The number of furan rings is 1. The maximum atomic E-state index is 12.2. The monoisotopic (exact) mass is 284 g/mol. The Kier molecular flexibility index (Phi) is 3.19. The molecule has 4 nitrogen and oxygen atoms in total. The van der Waals surface area contributed by atoms with Crippen LogP contribution in [0.5, 0.6) is 0 Å². The molecule has 1 aliphatic carbocycles. The topological polar surface area (TPSA) is 54.3 Å². The number of para-hydroxylation sites is 1.